The fraction of sp³-hybridized carbons (Fsp3) is 0.476. The maximum absolute atomic E-state index is 12.3. The van der Waals surface area contributed by atoms with Crippen LogP contribution in [0.15, 0.2) is 30.7 Å². The Morgan fingerprint density at radius 2 is 1.87 bits per heavy atom. The topological polar surface area (TPSA) is 93.5 Å². The van der Waals surface area contributed by atoms with E-state index in [0.29, 0.717) is 28.7 Å². The average Bonchev–Trinajstić information content (AvgIpc) is 3.06. The molecule has 2 unspecified atom stereocenters. The van der Waals surface area contributed by atoms with Crippen LogP contribution in [-0.2, 0) is 27.3 Å². The van der Waals surface area contributed by atoms with Gasteiger partial charge in [0.2, 0.25) is 0 Å². The van der Waals surface area contributed by atoms with E-state index in [4.69, 9.17) is 27.9 Å². The molecule has 9 heteroatoms. The third-order valence-corrected chi connectivity index (χ3v) is 4.90. The Morgan fingerprint density at radius 1 is 1.20 bits per heavy atom. The van der Waals surface area contributed by atoms with Gasteiger partial charge >= 0.3 is 11.9 Å². The number of esters is 1. The number of rotatable bonds is 11. The Labute approximate surface area is 186 Å². The highest BCUT2D eigenvalue weighted by Crippen LogP contribution is 2.20. The molecule has 2 N–H and O–H groups in total. The van der Waals surface area contributed by atoms with E-state index in [1.54, 1.807) is 37.6 Å². The van der Waals surface area contributed by atoms with Crippen molar-refractivity contribution in [3.8, 4) is 0 Å². The van der Waals surface area contributed by atoms with E-state index >= 15 is 0 Å². The number of imidazole rings is 1. The SMILES string of the molecule is CCOC(=O)C(CC(C)C)NC(Cc1cncn1Cc1cc(Cl)cc(Cl)c1)C(=O)O. The van der Waals surface area contributed by atoms with E-state index in [-0.39, 0.29) is 18.9 Å². The lowest BCUT2D eigenvalue weighted by molar-refractivity contribution is -0.147. The Balaban J connectivity index is 2.17. The second-order valence-corrected chi connectivity index (χ2v) is 8.36. The summed E-state index contributed by atoms with van der Waals surface area (Å²) in [5, 5.41) is 13.7. The van der Waals surface area contributed by atoms with E-state index < -0.39 is 24.0 Å². The van der Waals surface area contributed by atoms with Crippen LogP contribution >= 0.6 is 23.2 Å². The third kappa shape index (κ3) is 7.31. The Hall–Kier alpha value is -2.09. The predicted molar refractivity (Wildman–Crippen MR) is 116 cm³/mol. The molecule has 2 atom stereocenters. The minimum absolute atomic E-state index is 0.150. The first kappa shape index (κ1) is 24.2. The monoisotopic (exact) mass is 455 g/mol. The molecule has 1 aromatic carbocycles. The number of halogens is 2. The number of carboxylic acids is 1. The zero-order valence-corrected chi connectivity index (χ0v) is 18.8. The smallest absolute Gasteiger partial charge is 0.323 e. The third-order valence-electron chi connectivity index (χ3n) is 4.47. The standard InChI is InChI=1S/C21H27Cl2N3O4/c1-4-30-21(29)19(5-13(2)3)25-18(20(27)28)9-17-10-24-12-26(17)11-14-6-15(22)8-16(23)7-14/h6-8,10,12-13,18-19,25H,4-5,9,11H2,1-3H3,(H,27,28). The van der Waals surface area contributed by atoms with Crippen LogP contribution in [0.1, 0.15) is 38.4 Å². The Bertz CT molecular complexity index is 849. The number of ether oxygens (including phenoxy) is 1. The maximum atomic E-state index is 12.3. The fourth-order valence-electron chi connectivity index (χ4n) is 3.18. The van der Waals surface area contributed by atoms with Gasteiger partial charge in [0.25, 0.3) is 0 Å². The number of aromatic nitrogens is 2. The van der Waals surface area contributed by atoms with Crippen molar-refractivity contribution < 1.29 is 19.4 Å². The number of carbonyl (C=O) groups excluding carboxylic acids is 1. The lowest BCUT2D eigenvalue weighted by Crippen LogP contribution is -2.49. The number of benzene rings is 1. The first-order valence-corrected chi connectivity index (χ1v) is 10.5. The largest absolute Gasteiger partial charge is 0.480 e. The number of hydrogen-bond donors (Lipinski definition) is 2. The van der Waals surface area contributed by atoms with Crippen LogP contribution in [0.4, 0.5) is 0 Å². The van der Waals surface area contributed by atoms with Gasteiger partial charge in [-0.1, -0.05) is 37.0 Å². The highest BCUT2D eigenvalue weighted by Gasteiger charge is 2.28. The number of hydrogen-bond acceptors (Lipinski definition) is 5. The molecule has 0 spiro atoms. The zero-order chi connectivity index (χ0) is 22.3. The number of nitrogens with zero attached hydrogens (tertiary/aromatic N) is 2. The number of nitrogens with one attached hydrogen (secondary N) is 1. The van der Waals surface area contributed by atoms with Crippen LogP contribution in [-0.4, -0.2) is 45.3 Å². The lowest BCUT2D eigenvalue weighted by Gasteiger charge is -2.23. The summed E-state index contributed by atoms with van der Waals surface area (Å²) >= 11 is 12.1. The first-order chi connectivity index (χ1) is 14.2. The van der Waals surface area contributed by atoms with Crippen LogP contribution in [0, 0.1) is 5.92 Å². The molecule has 30 heavy (non-hydrogen) atoms. The van der Waals surface area contributed by atoms with E-state index in [2.05, 4.69) is 10.3 Å². The molecule has 0 radical (unpaired) electrons. The second-order valence-electron chi connectivity index (χ2n) is 7.49. The van der Waals surface area contributed by atoms with Crippen molar-refractivity contribution in [3.05, 3.63) is 52.0 Å². The summed E-state index contributed by atoms with van der Waals surface area (Å²) in [6, 6.07) is 3.56. The molecule has 2 rings (SSSR count). The normalized spacial score (nSPS) is 13.3. The molecule has 1 heterocycles. The quantitative estimate of drug-likeness (QED) is 0.500. The molecule has 0 bridgehead atoms. The van der Waals surface area contributed by atoms with Crippen LogP contribution in [0.5, 0.6) is 0 Å². The van der Waals surface area contributed by atoms with Gasteiger partial charge in [0.05, 0.1) is 12.9 Å². The highest BCUT2D eigenvalue weighted by atomic mass is 35.5. The maximum Gasteiger partial charge on any atom is 0.323 e. The summed E-state index contributed by atoms with van der Waals surface area (Å²) in [5.41, 5.74) is 1.58. The summed E-state index contributed by atoms with van der Waals surface area (Å²) in [7, 11) is 0. The van der Waals surface area contributed by atoms with Crippen LogP contribution in [0.3, 0.4) is 0 Å². The first-order valence-electron chi connectivity index (χ1n) is 9.79. The van der Waals surface area contributed by atoms with E-state index in [9.17, 15) is 14.7 Å². The van der Waals surface area contributed by atoms with Gasteiger partial charge in [-0.2, -0.15) is 0 Å². The van der Waals surface area contributed by atoms with Crippen molar-refractivity contribution in [3.63, 3.8) is 0 Å². The van der Waals surface area contributed by atoms with Crippen LogP contribution < -0.4 is 5.32 Å². The van der Waals surface area contributed by atoms with Crippen LogP contribution in [0.25, 0.3) is 0 Å². The van der Waals surface area contributed by atoms with Gasteiger partial charge in [-0.15, -0.1) is 0 Å². The summed E-state index contributed by atoms with van der Waals surface area (Å²) < 4.78 is 6.94. The zero-order valence-electron chi connectivity index (χ0n) is 17.3. The van der Waals surface area contributed by atoms with Crippen molar-refractivity contribution in [2.24, 2.45) is 5.92 Å². The molecular weight excluding hydrogens is 429 g/mol. The van der Waals surface area contributed by atoms with Gasteiger partial charge in [-0.25, -0.2) is 4.98 Å². The van der Waals surface area contributed by atoms with Crippen LogP contribution in [0.2, 0.25) is 10.0 Å². The van der Waals surface area contributed by atoms with Gasteiger partial charge in [-0.05, 0) is 43.0 Å². The molecule has 2 aromatic rings. The molecule has 0 aliphatic carbocycles. The van der Waals surface area contributed by atoms with Crippen molar-refractivity contribution >= 4 is 35.1 Å². The van der Waals surface area contributed by atoms with E-state index in [0.717, 1.165) is 5.56 Å². The highest BCUT2D eigenvalue weighted by molar-refractivity contribution is 6.34. The summed E-state index contributed by atoms with van der Waals surface area (Å²) in [6.07, 6.45) is 3.87. The Kier molecular flexibility index (Phi) is 9.14. The molecule has 0 fully saturated rings. The number of carboxylic acid groups (broad SMARTS) is 1. The molecule has 0 amide bonds. The molecule has 0 aliphatic heterocycles. The van der Waals surface area contributed by atoms with Gasteiger partial charge in [0.1, 0.15) is 12.1 Å². The van der Waals surface area contributed by atoms with Gasteiger partial charge < -0.3 is 14.4 Å². The van der Waals surface area contributed by atoms with Gasteiger partial charge in [0, 0.05) is 34.9 Å². The van der Waals surface area contributed by atoms with Crippen molar-refractivity contribution in [1.29, 1.82) is 0 Å². The average molecular weight is 456 g/mol. The van der Waals surface area contributed by atoms with E-state index in [1.807, 2.05) is 18.4 Å². The Morgan fingerprint density at radius 3 is 2.43 bits per heavy atom. The van der Waals surface area contributed by atoms with Crippen molar-refractivity contribution in [2.75, 3.05) is 6.61 Å². The molecule has 7 nitrogen and oxygen atoms in total. The predicted octanol–water partition coefficient (Wildman–Crippen LogP) is 3.80. The lowest BCUT2D eigenvalue weighted by atomic mass is 10.0. The molecule has 0 saturated heterocycles. The molecule has 1 aromatic heterocycles. The molecular formula is C21H27Cl2N3O4. The summed E-state index contributed by atoms with van der Waals surface area (Å²) in [4.78, 5) is 28.4. The number of aliphatic carboxylic acids is 1. The fourth-order valence-corrected chi connectivity index (χ4v) is 3.75. The van der Waals surface area contributed by atoms with Gasteiger partial charge in [0.15, 0.2) is 0 Å². The summed E-state index contributed by atoms with van der Waals surface area (Å²) in [6.45, 7) is 6.33. The van der Waals surface area contributed by atoms with Gasteiger partial charge in [-0.3, -0.25) is 14.9 Å². The van der Waals surface area contributed by atoms with Crippen molar-refractivity contribution in [1.82, 2.24) is 14.9 Å². The minimum atomic E-state index is -1.05. The number of carbonyl (C=O) groups is 2. The molecule has 164 valence electrons. The summed E-state index contributed by atoms with van der Waals surface area (Å²) in [5.74, 6) is -1.30. The van der Waals surface area contributed by atoms with E-state index in [1.165, 1.54) is 0 Å². The van der Waals surface area contributed by atoms with Crippen molar-refractivity contribution in [2.45, 2.75) is 52.2 Å². The molecule has 0 saturated carbocycles. The second kappa shape index (κ2) is 11.3. The molecule has 0 aliphatic rings. The minimum Gasteiger partial charge on any atom is -0.480 e.